The van der Waals surface area contributed by atoms with Crippen molar-refractivity contribution in [1.82, 2.24) is 0 Å². The average Bonchev–Trinajstić information content (AvgIpc) is 2.17. The minimum atomic E-state index is -4.33. The molecule has 6 heteroatoms. The van der Waals surface area contributed by atoms with Crippen LogP contribution in [0.2, 0.25) is 0 Å². The van der Waals surface area contributed by atoms with Crippen LogP contribution in [0, 0.1) is 6.92 Å². The van der Waals surface area contributed by atoms with Crippen LogP contribution >= 0.6 is 0 Å². The maximum absolute atomic E-state index is 11.7. The number of hydrogen-bond donors (Lipinski definition) is 1. The number of nitrogen functional groups attached to an aromatic ring is 1. The second-order valence-electron chi connectivity index (χ2n) is 3.24. The molecule has 2 N–H and O–H groups in total. The van der Waals surface area contributed by atoms with Crippen LogP contribution in [0.5, 0.6) is 5.75 Å². The number of ether oxygens (including phenoxy) is 2. The van der Waals surface area contributed by atoms with Crippen molar-refractivity contribution in [2.75, 3.05) is 19.1 Å². The van der Waals surface area contributed by atoms with Gasteiger partial charge in [0, 0.05) is 5.69 Å². The summed E-state index contributed by atoms with van der Waals surface area (Å²) in [5.41, 5.74) is 6.96. The van der Waals surface area contributed by atoms with Crippen LogP contribution in [-0.4, -0.2) is 19.6 Å². The molecule has 0 aliphatic heterocycles. The average molecular weight is 235 g/mol. The largest absolute Gasteiger partial charge is 0.468 e. The van der Waals surface area contributed by atoms with Gasteiger partial charge in [0.1, 0.15) is 12.4 Å². The molecule has 0 spiro atoms. The lowest BCUT2D eigenvalue weighted by Crippen LogP contribution is -2.19. The molecule has 1 aromatic carbocycles. The highest BCUT2D eigenvalue weighted by molar-refractivity contribution is 5.49. The van der Waals surface area contributed by atoms with E-state index in [1.165, 1.54) is 0 Å². The predicted molar refractivity (Wildman–Crippen MR) is 53.1 cm³/mol. The van der Waals surface area contributed by atoms with Gasteiger partial charge in [0.2, 0.25) is 0 Å². The zero-order valence-corrected chi connectivity index (χ0v) is 8.67. The molecule has 1 rings (SSSR count). The number of anilines is 1. The topological polar surface area (TPSA) is 44.5 Å². The van der Waals surface area contributed by atoms with Crippen LogP contribution in [0.4, 0.5) is 18.9 Å². The van der Waals surface area contributed by atoms with Gasteiger partial charge in [-0.1, -0.05) is 0 Å². The van der Waals surface area contributed by atoms with Gasteiger partial charge >= 0.3 is 6.18 Å². The van der Waals surface area contributed by atoms with Gasteiger partial charge in [-0.05, 0) is 30.7 Å². The molecule has 0 amide bonds. The number of rotatable bonds is 4. The van der Waals surface area contributed by atoms with Crippen LogP contribution in [0.1, 0.15) is 5.56 Å². The Morgan fingerprint density at radius 3 is 2.56 bits per heavy atom. The first-order valence-electron chi connectivity index (χ1n) is 4.52. The van der Waals surface area contributed by atoms with Crippen molar-refractivity contribution in [3.05, 3.63) is 23.8 Å². The van der Waals surface area contributed by atoms with Gasteiger partial charge in [0.15, 0.2) is 6.79 Å². The standard InChI is InChI=1S/C10H12F3NO2/c1-7-4-8(2-3-9(7)14)16-6-15-5-10(11,12)13/h2-4H,5-6,14H2,1H3. The molecule has 0 aliphatic carbocycles. The molecule has 16 heavy (non-hydrogen) atoms. The third-order valence-corrected chi connectivity index (χ3v) is 1.82. The molecule has 0 unspecified atom stereocenters. The minimum absolute atomic E-state index is 0.425. The molecule has 0 saturated heterocycles. The molecule has 3 nitrogen and oxygen atoms in total. The van der Waals surface area contributed by atoms with Crippen LogP contribution in [-0.2, 0) is 4.74 Å². The highest BCUT2D eigenvalue weighted by Crippen LogP contribution is 2.19. The zero-order valence-electron chi connectivity index (χ0n) is 8.67. The summed E-state index contributed by atoms with van der Waals surface area (Å²) in [6.45, 7) is 0.0165. The number of alkyl halides is 3. The van der Waals surface area contributed by atoms with Crippen molar-refractivity contribution < 1.29 is 22.6 Å². The van der Waals surface area contributed by atoms with E-state index in [1.807, 2.05) is 0 Å². The Hall–Kier alpha value is -1.43. The highest BCUT2D eigenvalue weighted by Gasteiger charge is 2.27. The first-order chi connectivity index (χ1) is 7.38. The third kappa shape index (κ3) is 4.39. The Kier molecular flexibility index (Phi) is 4.00. The van der Waals surface area contributed by atoms with Gasteiger partial charge in [0.25, 0.3) is 0 Å². The number of nitrogens with two attached hydrogens (primary N) is 1. The molecule has 0 saturated carbocycles. The number of hydrogen-bond acceptors (Lipinski definition) is 3. The molecule has 1 aromatic rings. The van der Waals surface area contributed by atoms with Crippen molar-refractivity contribution in [3.8, 4) is 5.75 Å². The summed E-state index contributed by atoms with van der Waals surface area (Å²) >= 11 is 0. The molecule has 0 aromatic heterocycles. The van der Waals surface area contributed by atoms with E-state index in [2.05, 4.69) is 4.74 Å². The van der Waals surface area contributed by atoms with E-state index >= 15 is 0 Å². The maximum Gasteiger partial charge on any atom is 0.411 e. The molecule has 0 fully saturated rings. The van der Waals surface area contributed by atoms with Gasteiger partial charge in [0.05, 0.1) is 0 Å². The monoisotopic (exact) mass is 235 g/mol. The Bertz CT molecular complexity index is 352. The molecular formula is C10H12F3NO2. The fourth-order valence-corrected chi connectivity index (χ4v) is 1.01. The Morgan fingerprint density at radius 2 is 2.00 bits per heavy atom. The Morgan fingerprint density at radius 1 is 1.31 bits per heavy atom. The van der Waals surface area contributed by atoms with Crippen molar-refractivity contribution >= 4 is 5.69 Å². The fraction of sp³-hybridized carbons (Fsp3) is 0.400. The summed E-state index contributed by atoms with van der Waals surface area (Å²) in [6.07, 6.45) is -4.33. The summed E-state index contributed by atoms with van der Waals surface area (Å²) in [5, 5.41) is 0. The summed E-state index contributed by atoms with van der Waals surface area (Å²) < 4.78 is 44.4. The van der Waals surface area contributed by atoms with Crippen LogP contribution in [0.3, 0.4) is 0 Å². The van der Waals surface area contributed by atoms with Gasteiger partial charge in [-0.25, -0.2) is 0 Å². The van der Waals surface area contributed by atoms with Crippen molar-refractivity contribution in [2.24, 2.45) is 0 Å². The lowest BCUT2D eigenvalue weighted by Gasteiger charge is -2.10. The summed E-state index contributed by atoms with van der Waals surface area (Å²) in [7, 11) is 0. The van der Waals surface area contributed by atoms with Gasteiger partial charge in [-0.3, -0.25) is 0 Å². The van der Waals surface area contributed by atoms with E-state index in [0.717, 1.165) is 5.56 Å². The van der Waals surface area contributed by atoms with Crippen LogP contribution in [0.25, 0.3) is 0 Å². The van der Waals surface area contributed by atoms with Gasteiger partial charge in [-0.15, -0.1) is 0 Å². The maximum atomic E-state index is 11.7. The van der Waals surface area contributed by atoms with Gasteiger partial charge < -0.3 is 15.2 Å². The Balaban J connectivity index is 2.35. The molecule has 0 heterocycles. The van der Waals surface area contributed by atoms with Crippen molar-refractivity contribution in [1.29, 1.82) is 0 Å². The number of halogens is 3. The summed E-state index contributed by atoms with van der Waals surface area (Å²) in [5.74, 6) is 0.425. The van der Waals surface area contributed by atoms with E-state index in [9.17, 15) is 13.2 Å². The van der Waals surface area contributed by atoms with Crippen LogP contribution in [0.15, 0.2) is 18.2 Å². The number of benzene rings is 1. The second kappa shape index (κ2) is 5.07. The summed E-state index contributed by atoms with van der Waals surface area (Å²) in [4.78, 5) is 0. The molecule has 90 valence electrons. The van der Waals surface area contributed by atoms with Crippen LogP contribution < -0.4 is 10.5 Å². The summed E-state index contributed by atoms with van der Waals surface area (Å²) in [6, 6.07) is 4.82. The molecular weight excluding hydrogens is 223 g/mol. The second-order valence-corrected chi connectivity index (χ2v) is 3.24. The van der Waals surface area contributed by atoms with Gasteiger partial charge in [-0.2, -0.15) is 13.2 Å². The van der Waals surface area contributed by atoms with Crippen molar-refractivity contribution in [2.45, 2.75) is 13.1 Å². The quantitative estimate of drug-likeness (QED) is 0.495. The highest BCUT2D eigenvalue weighted by atomic mass is 19.4. The first kappa shape index (κ1) is 12.6. The predicted octanol–water partition coefficient (Wildman–Crippen LogP) is 2.49. The van der Waals surface area contributed by atoms with E-state index in [1.54, 1.807) is 25.1 Å². The third-order valence-electron chi connectivity index (χ3n) is 1.82. The molecule has 0 atom stereocenters. The fourth-order valence-electron chi connectivity index (χ4n) is 1.01. The van der Waals surface area contributed by atoms with E-state index in [4.69, 9.17) is 10.5 Å². The Labute approximate surface area is 91.0 Å². The molecule has 0 radical (unpaired) electrons. The van der Waals surface area contributed by atoms with E-state index in [0.29, 0.717) is 11.4 Å². The molecule has 0 aliphatic rings. The number of aryl methyl sites for hydroxylation is 1. The SMILES string of the molecule is Cc1cc(OCOCC(F)(F)F)ccc1N. The first-order valence-corrected chi connectivity index (χ1v) is 4.52. The van der Waals surface area contributed by atoms with Crippen molar-refractivity contribution in [3.63, 3.8) is 0 Å². The normalized spacial score (nSPS) is 11.5. The molecule has 0 bridgehead atoms. The van der Waals surface area contributed by atoms with E-state index < -0.39 is 19.6 Å². The zero-order chi connectivity index (χ0) is 12.2. The van der Waals surface area contributed by atoms with E-state index in [-0.39, 0.29) is 0 Å². The smallest absolute Gasteiger partial charge is 0.411 e. The lowest BCUT2D eigenvalue weighted by molar-refractivity contribution is -0.186. The lowest BCUT2D eigenvalue weighted by atomic mass is 10.2. The minimum Gasteiger partial charge on any atom is -0.468 e.